The van der Waals surface area contributed by atoms with Crippen molar-refractivity contribution in [3.05, 3.63) is 47.8 Å². The van der Waals surface area contributed by atoms with Gasteiger partial charge in [0.05, 0.1) is 53.0 Å². The lowest BCUT2D eigenvalue weighted by molar-refractivity contribution is -0.153. The highest BCUT2D eigenvalue weighted by molar-refractivity contribution is 7.84. The number of amides is 1. The molecule has 0 spiro atoms. The first-order valence-corrected chi connectivity index (χ1v) is 14.5. The van der Waals surface area contributed by atoms with Crippen molar-refractivity contribution in [1.82, 2.24) is 19.4 Å². The summed E-state index contributed by atoms with van der Waals surface area (Å²) in [5, 5.41) is -0.156. The smallest absolute Gasteiger partial charge is 0.484 e. The Morgan fingerprint density at radius 1 is 1.05 bits per heavy atom. The average molecular weight is 645 g/mol. The minimum Gasteiger partial charge on any atom is -0.484 e. The number of rotatable bonds is 12. The van der Waals surface area contributed by atoms with E-state index in [0.29, 0.717) is 11.0 Å². The lowest BCUT2D eigenvalue weighted by Crippen LogP contribution is -2.41. The number of carbonyl (C=O) groups excluding carboxylic acids is 3. The molecule has 3 aromatic rings. The molecule has 1 amide bonds. The zero-order chi connectivity index (χ0) is 32.4. The van der Waals surface area contributed by atoms with Crippen LogP contribution < -0.4 is 4.74 Å². The van der Waals surface area contributed by atoms with Crippen LogP contribution in [0.15, 0.2) is 41.7 Å². The second kappa shape index (κ2) is 15.4. The molecule has 0 saturated carbocycles. The number of carbonyl (C=O) groups is 3. The maximum absolute atomic E-state index is 13.8. The van der Waals surface area contributed by atoms with Crippen LogP contribution in [0.25, 0.3) is 11.0 Å². The quantitative estimate of drug-likeness (QED) is 0.255. The van der Waals surface area contributed by atoms with Crippen molar-refractivity contribution in [2.75, 3.05) is 40.0 Å². The Bertz CT molecular complexity index is 1500. The number of halogens is 3. The van der Waals surface area contributed by atoms with Gasteiger partial charge in [0.15, 0.2) is 12.7 Å². The normalized spacial score (nSPS) is 12.7. The van der Waals surface area contributed by atoms with Crippen molar-refractivity contribution in [3.8, 4) is 5.75 Å². The fraction of sp³-hybridized carbons (Fsp3) is 0.444. The van der Waals surface area contributed by atoms with E-state index < -0.39 is 54.6 Å². The Morgan fingerprint density at radius 3 is 2.41 bits per heavy atom. The van der Waals surface area contributed by atoms with E-state index in [2.05, 4.69) is 9.97 Å². The van der Waals surface area contributed by atoms with Crippen LogP contribution in [0.4, 0.5) is 27.6 Å². The summed E-state index contributed by atoms with van der Waals surface area (Å²) in [4.78, 5) is 47.1. The molecule has 0 fully saturated rings. The molecule has 2 heterocycles. The van der Waals surface area contributed by atoms with Gasteiger partial charge in [0, 0.05) is 18.8 Å². The Balaban J connectivity index is 1.88. The van der Waals surface area contributed by atoms with Gasteiger partial charge >= 0.3 is 24.5 Å². The number of pyridine rings is 1. The van der Waals surface area contributed by atoms with Crippen LogP contribution in [0.1, 0.15) is 25.1 Å². The van der Waals surface area contributed by atoms with E-state index in [1.54, 1.807) is 38.1 Å². The van der Waals surface area contributed by atoms with E-state index in [9.17, 15) is 31.8 Å². The largest absolute Gasteiger partial charge is 0.508 e. The van der Waals surface area contributed by atoms with Crippen LogP contribution in [0.3, 0.4) is 0 Å². The summed E-state index contributed by atoms with van der Waals surface area (Å²) in [6, 6.07) is 7.05. The number of ether oxygens (including phenoxy) is 5. The Kier molecular flexibility index (Phi) is 11.9. The fourth-order valence-corrected chi connectivity index (χ4v) is 5.09. The number of nitrogens with zero attached hydrogens (tertiary/aromatic N) is 4. The van der Waals surface area contributed by atoms with Gasteiger partial charge in [-0.2, -0.15) is 13.2 Å². The first-order valence-electron chi connectivity index (χ1n) is 13.2. The van der Waals surface area contributed by atoms with E-state index in [-0.39, 0.29) is 47.7 Å². The van der Waals surface area contributed by atoms with Crippen LogP contribution in [0, 0.1) is 6.92 Å². The molecule has 240 valence electrons. The van der Waals surface area contributed by atoms with Gasteiger partial charge in [0.25, 0.3) is 0 Å². The van der Waals surface area contributed by atoms with Gasteiger partial charge in [-0.25, -0.2) is 23.9 Å². The number of likely N-dealkylation sites (N-methyl/N-ethyl adjacent to an activating group) is 1. The van der Waals surface area contributed by atoms with E-state index in [1.807, 2.05) is 0 Å². The molecule has 17 heteroatoms. The van der Waals surface area contributed by atoms with Gasteiger partial charge < -0.3 is 28.6 Å². The van der Waals surface area contributed by atoms with Crippen molar-refractivity contribution in [1.29, 1.82) is 0 Å². The molecule has 0 N–H and O–H groups in total. The zero-order valence-electron chi connectivity index (χ0n) is 24.3. The molecule has 0 saturated heterocycles. The third-order valence-electron chi connectivity index (χ3n) is 5.82. The molecule has 13 nitrogen and oxygen atoms in total. The summed E-state index contributed by atoms with van der Waals surface area (Å²) in [6.07, 6.45) is -6.54. The highest BCUT2D eigenvalue weighted by atomic mass is 32.2. The number of alkyl halides is 3. The number of imidazole rings is 1. The van der Waals surface area contributed by atoms with Crippen LogP contribution in [-0.2, 0) is 35.5 Å². The van der Waals surface area contributed by atoms with E-state index in [4.69, 9.17) is 23.7 Å². The third kappa shape index (κ3) is 9.29. The predicted octanol–water partition coefficient (Wildman–Crippen LogP) is 4.60. The molecular formula is C27H31F3N4O9S. The first kappa shape index (κ1) is 34.1. The minimum absolute atomic E-state index is 0.0148. The van der Waals surface area contributed by atoms with Gasteiger partial charge in [0.1, 0.15) is 12.4 Å². The Morgan fingerprint density at radius 2 is 1.73 bits per heavy atom. The van der Waals surface area contributed by atoms with Gasteiger partial charge in [-0.05, 0) is 39.0 Å². The molecule has 0 bridgehead atoms. The number of fused-ring (bicyclic) bond motifs is 1. The summed E-state index contributed by atoms with van der Waals surface area (Å²) in [7, 11) is -0.641. The van der Waals surface area contributed by atoms with Gasteiger partial charge in [-0.3, -0.25) is 9.19 Å². The summed E-state index contributed by atoms with van der Waals surface area (Å²) in [5.74, 6) is -0.372. The maximum Gasteiger partial charge on any atom is 0.508 e. The number of para-hydroxylation sites is 2. The molecule has 0 radical (unpaired) electrons. The number of benzene rings is 1. The SMILES string of the molecule is CCOC(=O)OCC(CN(C)C(=O)n1c([S@@](=O)Cc2nccc(OCC(F)(F)F)c2C)nc2ccccc21)OC(=O)OCC. The van der Waals surface area contributed by atoms with Crippen molar-refractivity contribution < 1.29 is 55.4 Å². The molecule has 0 aliphatic heterocycles. The summed E-state index contributed by atoms with van der Waals surface area (Å²) in [5.41, 5.74) is 1.08. The fourth-order valence-electron chi connectivity index (χ4n) is 3.84. The van der Waals surface area contributed by atoms with Gasteiger partial charge in [-0.15, -0.1) is 0 Å². The lowest BCUT2D eigenvalue weighted by atomic mass is 10.2. The van der Waals surface area contributed by atoms with Gasteiger partial charge in [-0.1, -0.05) is 12.1 Å². The van der Waals surface area contributed by atoms with E-state index >= 15 is 0 Å². The number of hydrogen-bond acceptors (Lipinski definition) is 11. The molecule has 1 unspecified atom stereocenters. The first-order chi connectivity index (χ1) is 20.8. The monoisotopic (exact) mass is 644 g/mol. The van der Waals surface area contributed by atoms with Crippen molar-refractivity contribution >= 4 is 40.2 Å². The lowest BCUT2D eigenvalue weighted by Gasteiger charge is -2.24. The standard InChI is InChI=1S/C27H31F3N4O9S/c1-5-39-25(36)41-14-18(43-26(37)40-6-2)13-33(4)24(35)34-21-10-8-7-9-19(21)32-23(34)44(38)15-20-17(3)22(11-12-31-20)42-16-27(28,29)30/h7-12,18H,5-6,13-16H2,1-4H3/t18?,44-/m0/s1. The summed E-state index contributed by atoms with van der Waals surface area (Å²) in [6.45, 7) is 2.43. The highest BCUT2D eigenvalue weighted by Gasteiger charge is 2.30. The second-order valence-corrected chi connectivity index (χ2v) is 10.4. The number of hydrogen-bond donors (Lipinski definition) is 0. The Labute approximate surface area is 252 Å². The zero-order valence-corrected chi connectivity index (χ0v) is 25.1. The van der Waals surface area contributed by atoms with Crippen molar-refractivity contribution in [3.63, 3.8) is 0 Å². The number of aromatic nitrogens is 3. The average Bonchev–Trinajstić information content (AvgIpc) is 3.35. The van der Waals surface area contributed by atoms with E-state index in [0.717, 1.165) is 9.47 Å². The topological polar surface area (TPSA) is 148 Å². The van der Waals surface area contributed by atoms with Crippen molar-refractivity contribution in [2.24, 2.45) is 0 Å². The highest BCUT2D eigenvalue weighted by Crippen LogP contribution is 2.26. The third-order valence-corrected chi connectivity index (χ3v) is 7.04. The summed E-state index contributed by atoms with van der Waals surface area (Å²) >= 11 is 0. The van der Waals surface area contributed by atoms with Crippen LogP contribution >= 0.6 is 0 Å². The molecular weight excluding hydrogens is 613 g/mol. The molecule has 1 aromatic carbocycles. The summed E-state index contributed by atoms with van der Waals surface area (Å²) < 4.78 is 77.3. The molecule has 2 atom stereocenters. The predicted molar refractivity (Wildman–Crippen MR) is 149 cm³/mol. The Hall–Kier alpha value is -4.41. The molecule has 0 aliphatic carbocycles. The van der Waals surface area contributed by atoms with E-state index in [1.165, 1.54) is 26.2 Å². The minimum atomic E-state index is -4.55. The molecule has 0 aliphatic rings. The van der Waals surface area contributed by atoms with Gasteiger partial charge in [0.2, 0.25) is 5.16 Å². The molecule has 44 heavy (non-hydrogen) atoms. The van der Waals surface area contributed by atoms with Crippen LogP contribution in [0.5, 0.6) is 5.75 Å². The van der Waals surface area contributed by atoms with Crippen LogP contribution in [0.2, 0.25) is 0 Å². The second-order valence-electron chi connectivity index (χ2n) is 9.07. The van der Waals surface area contributed by atoms with Crippen LogP contribution in [-0.4, -0.2) is 94.3 Å². The van der Waals surface area contributed by atoms with Crippen molar-refractivity contribution in [2.45, 2.75) is 44.0 Å². The maximum atomic E-state index is 13.8. The molecule has 2 aromatic heterocycles. The molecule has 3 rings (SSSR count).